The molecule has 0 aliphatic carbocycles. The molecule has 1 N–H and O–H groups in total. The second-order valence-corrected chi connectivity index (χ2v) is 6.39. The van der Waals surface area contributed by atoms with Crippen molar-refractivity contribution in [2.24, 2.45) is 0 Å². The van der Waals surface area contributed by atoms with Crippen LogP contribution in [0.25, 0.3) is 0 Å². The number of thiazole rings is 1. The van der Waals surface area contributed by atoms with Crippen LogP contribution in [0.3, 0.4) is 0 Å². The lowest BCUT2D eigenvalue weighted by molar-refractivity contribution is -0.114. The third-order valence-corrected chi connectivity index (χ3v) is 4.42. The largest absolute Gasteiger partial charge is 0.302 e. The summed E-state index contributed by atoms with van der Waals surface area (Å²) in [6, 6.07) is 3.59. The van der Waals surface area contributed by atoms with Gasteiger partial charge in [-0.05, 0) is 17.7 Å². The molecule has 0 atom stereocenters. The SMILES string of the molecule is CC(=O)Nc1nc2c(s1)CN(Cc1cc(F)cc(F)c1)CC2. The number of carbonyl (C=O) groups is 1. The Morgan fingerprint density at radius 1 is 1.36 bits per heavy atom. The average molecular weight is 323 g/mol. The Labute approximate surface area is 130 Å². The van der Waals surface area contributed by atoms with Gasteiger partial charge in [0.25, 0.3) is 0 Å². The Morgan fingerprint density at radius 2 is 2.09 bits per heavy atom. The smallest absolute Gasteiger partial charge is 0.223 e. The van der Waals surface area contributed by atoms with E-state index in [-0.39, 0.29) is 5.91 Å². The van der Waals surface area contributed by atoms with E-state index < -0.39 is 11.6 Å². The van der Waals surface area contributed by atoms with Crippen molar-refractivity contribution in [1.29, 1.82) is 0 Å². The lowest BCUT2D eigenvalue weighted by Gasteiger charge is -2.25. The minimum absolute atomic E-state index is 0.141. The minimum atomic E-state index is -0.557. The maximum atomic E-state index is 13.2. The van der Waals surface area contributed by atoms with Crippen molar-refractivity contribution >= 4 is 22.4 Å². The molecular formula is C15H15F2N3OS. The highest BCUT2D eigenvalue weighted by molar-refractivity contribution is 7.15. The number of anilines is 1. The number of benzene rings is 1. The van der Waals surface area contributed by atoms with Crippen LogP contribution in [0.5, 0.6) is 0 Å². The van der Waals surface area contributed by atoms with Crippen LogP contribution in [0, 0.1) is 11.6 Å². The molecule has 7 heteroatoms. The standard InChI is InChI=1S/C15H15F2N3OS/c1-9(21)18-15-19-13-2-3-20(8-14(13)22-15)7-10-4-11(16)6-12(17)5-10/h4-6H,2-3,7-8H2,1H3,(H,18,19,21). The molecule has 3 rings (SSSR count). The zero-order chi connectivity index (χ0) is 15.7. The van der Waals surface area contributed by atoms with Crippen LogP contribution in [0.4, 0.5) is 13.9 Å². The normalized spacial score (nSPS) is 14.7. The van der Waals surface area contributed by atoms with Crippen LogP contribution in [0.1, 0.15) is 23.1 Å². The summed E-state index contributed by atoms with van der Waals surface area (Å²) in [4.78, 5) is 18.7. The molecule has 0 fully saturated rings. The van der Waals surface area contributed by atoms with Gasteiger partial charge in [-0.1, -0.05) is 0 Å². The highest BCUT2D eigenvalue weighted by Gasteiger charge is 2.21. The van der Waals surface area contributed by atoms with Crippen molar-refractivity contribution in [2.45, 2.75) is 26.4 Å². The van der Waals surface area contributed by atoms with Gasteiger partial charge in [-0.25, -0.2) is 13.8 Å². The molecule has 0 unspecified atom stereocenters. The summed E-state index contributed by atoms with van der Waals surface area (Å²) in [5, 5.41) is 3.30. The number of hydrogen-bond acceptors (Lipinski definition) is 4. The summed E-state index contributed by atoms with van der Waals surface area (Å²) < 4.78 is 26.5. The van der Waals surface area contributed by atoms with Gasteiger partial charge in [0.15, 0.2) is 5.13 Å². The van der Waals surface area contributed by atoms with E-state index in [1.54, 1.807) is 0 Å². The lowest BCUT2D eigenvalue weighted by atomic mass is 10.1. The molecule has 0 saturated carbocycles. The minimum Gasteiger partial charge on any atom is -0.302 e. The van der Waals surface area contributed by atoms with Crippen molar-refractivity contribution in [3.63, 3.8) is 0 Å². The zero-order valence-electron chi connectivity index (χ0n) is 12.0. The van der Waals surface area contributed by atoms with Crippen LogP contribution >= 0.6 is 11.3 Å². The number of nitrogens with zero attached hydrogens (tertiary/aromatic N) is 2. The molecular weight excluding hydrogens is 308 g/mol. The predicted molar refractivity (Wildman–Crippen MR) is 80.6 cm³/mol. The molecule has 2 heterocycles. The van der Waals surface area contributed by atoms with E-state index in [4.69, 9.17) is 0 Å². The summed E-state index contributed by atoms with van der Waals surface area (Å²) in [6.07, 6.45) is 0.767. The van der Waals surface area contributed by atoms with E-state index in [0.717, 1.165) is 29.6 Å². The fraction of sp³-hybridized carbons (Fsp3) is 0.333. The average Bonchev–Trinajstić information content (AvgIpc) is 2.77. The monoisotopic (exact) mass is 323 g/mol. The summed E-state index contributed by atoms with van der Waals surface area (Å²) in [5.41, 5.74) is 1.61. The number of halogens is 2. The molecule has 0 radical (unpaired) electrons. The number of carbonyl (C=O) groups excluding carboxylic acids is 1. The Balaban J connectivity index is 1.71. The third kappa shape index (κ3) is 3.48. The van der Waals surface area contributed by atoms with E-state index >= 15 is 0 Å². The van der Waals surface area contributed by atoms with Gasteiger partial charge in [-0.3, -0.25) is 9.69 Å². The maximum absolute atomic E-state index is 13.2. The van der Waals surface area contributed by atoms with Crippen molar-refractivity contribution in [3.8, 4) is 0 Å². The molecule has 1 aromatic carbocycles. The third-order valence-electron chi connectivity index (χ3n) is 3.42. The first-order chi connectivity index (χ1) is 10.5. The molecule has 0 saturated heterocycles. The van der Waals surface area contributed by atoms with Gasteiger partial charge in [0, 0.05) is 43.9 Å². The molecule has 2 aromatic rings. The molecule has 0 bridgehead atoms. The first-order valence-corrected chi connectivity index (χ1v) is 7.75. The van der Waals surface area contributed by atoms with E-state index in [2.05, 4.69) is 15.2 Å². The number of aromatic nitrogens is 1. The van der Waals surface area contributed by atoms with Crippen LogP contribution in [-0.2, 0) is 24.3 Å². The molecule has 1 aliphatic heterocycles. The number of rotatable bonds is 3. The molecule has 4 nitrogen and oxygen atoms in total. The first kappa shape index (κ1) is 15.1. The lowest BCUT2D eigenvalue weighted by Crippen LogP contribution is -2.29. The molecule has 1 amide bonds. The van der Waals surface area contributed by atoms with Gasteiger partial charge in [0.2, 0.25) is 5.91 Å². The van der Waals surface area contributed by atoms with Gasteiger partial charge >= 0.3 is 0 Å². The molecule has 22 heavy (non-hydrogen) atoms. The first-order valence-electron chi connectivity index (χ1n) is 6.93. The molecule has 116 valence electrons. The highest BCUT2D eigenvalue weighted by Crippen LogP contribution is 2.29. The Bertz CT molecular complexity index is 697. The number of hydrogen-bond donors (Lipinski definition) is 1. The fourth-order valence-electron chi connectivity index (χ4n) is 2.55. The number of fused-ring (bicyclic) bond motifs is 1. The Kier molecular flexibility index (Phi) is 4.17. The quantitative estimate of drug-likeness (QED) is 0.944. The second-order valence-electron chi connectivity index (χ2n) is 5.31. The van der Waals surface area contributed by atoms with E-state index in [9.17, 15) is 13.6 Å². The van der Waals surface area contributed by atoms with Gasteiger partial charge in [0.1, 0.15) is 11.6 Å². The van der Waals surface area contributed by atoms with Crippen molar-refractivity contribution in [3.05, 3.63) is 46.0 Å². The Morgan fingerprint density at radius 3 is 2.77 bits per heavy atom. The summed E-state index contributed by atoms with van der Waals surface area (Å²) in [5.74, 6) is -1.25. The highest BCUT2D eigenvalue weighted by atomic mass is 32.1. The van der Waals surface area contributed by atoms with E-state index in [1.165, 1.54) is 30.4 Å². The van der Waals surface area contributed by atoms with Crippen LogP contribution in [0.2, 0.25) is 0 Å². The summed E-state index contributed by atoms with van der Waals surface area (Å²) in [6.45, 7) is 3.38. The fourth-order valence-corrected chi connectivity index (χ4v) is 3.64. The van der Waals surface area contributed by atoms with Crippen LogP contribution in [0.15, 0.2) is 18.2 Å². The van der Waals surface area contributed by atoms with Gasteiger partial charge in [-0.2, -0.15) is 0 Å². The van der Waals surface area contributed by atoms with E-state index in [1.807, 2.05) is 0 Å². The predicted octanol–water partition coefficient (Wildman–Crippen LogP) is 2.94. The van der Waals surface area contributed by atoms with Crippen molar-refractivity contribution < 1.29 is 13.6 Å². The van der Waals surface area contributed by atoms with E-state index in [0.29, 0.717) is 23.8 Å². The number of nitrogens with one attached hydrogen (secondary N) is 1. The topological polar surface area (TPSA) is 45.2 Å². The second kappa shape index (κ2) is 6.10. The van der Waals surface area contributed by atoms with Crippen molar-refractivity contribution in [2.75, 3.05) is 11.9 Å². The number of amides is 1. The van der Waals surface area contributed by atoms with Gasteiger partial charge < -0.3 is 5.32 Å². The van der Waals surface area contributed by atoms with Gasteiger partial charge in [0.05, 0.1) is 5.69 Å². The zero-order valence-corrected chi connectivity index (χ0v) is 12.8. The molecule has 1 aromatic heterocycles. The molecule has 0 spiro atoms. The van der Waals surface area contributed by atoms with Crippen LogP contribution < -0.4 is 5.32 Å². The Hall–Kier alpha value is -1.86. The summed E-state index contributed by atoms with van der Waals surface area (Å²) >= 11 is 1.45. The molecule has 1 aliphatic rings. The van der Waals surface area contributed by atoms with Gasteiger partial charge in [-0.15, -0.1) is 11.3 Å². The maximum Gasteiger partial charge on any atom is 0.223 e. The van der Waals surface area contributed by atoms with Crippen molar-refractivity contribution in [1.82, 2.24) is 9.88 Å². The summed E-state index contributed by atoms with van der Waals surface area (Å²) in [7, 11) is 0. The van der Waals surface area contributed by atoms with Crippen LogP contribution in [-0.4, -0.2) is 22.3 Å².